The lowest BCUT2D eigenvalue weighted by atomic mass is 10.2. The van der Waals surface area contributed by atoms with E-state index in [0.717, 1.165) is 5.03 Å². The predicted molar refractivity (Wildman–Crippen MR) is 62.3 cm³/mol. The Balaban J connectivity index is 2.77. The second-order valence-electron chi connectivity index (χ2n) is 2.89. The average molecular weight is 237 g/mol. The zero-order valence-electron chi connectivity index (χ0n) is 8.67. The van der Waals surface area contributed by atoms with Crippen LogP contribution in [0.2, 0.25) is 0 Å². The maximum absolute atomic E-state index is 10.8. The number of carboxylic acids is 1. The molecule has 0 amide bonds. The largest absolute Gasteiger partial charge is 0.480 e. The fraction of sp³-hybridized carbons (Fsp3) is 0.300. The Hall–Kier alpha value is -1.74. The topological polar surface area (TPSA) is 75.1 Å². The van der Waals surface area contributed by atoms with E-state index in [-0.39, 0.29) is 6.42 Å². The van der Waals surface area contributed by atoms with Crippen LogP contribution in [0.3, 0.4) is 0 Å². The number of anilines is 1. The van der Waals surface area contributed by atoms with Crippen molar-refractivity contribution in [3.8, 4) is 12.3 Å². The summed E-state index contributed by atoms with van der Waals surface area (Å²) in [5, 5.41) is 12.4. The molecule has 2 N–H and O–H groups in total. The van der Waals surface area contributed by atoms with E-state index in [0.29, 0.717) is 5.82 Å². The first-order valence-corrected chi connectivity index (χ1v) is 5.68. The van der Waals surface area contributed by atoms with E-state index in [9.17, 15) is 4.79 Å². The van der Waals surface area contributed by atoms with Gasteiger partial charge in [0.05, 0.1) is 0 Å². The van der Waals surface area contributed by atoms with Crippen LogP contribution in [0.1, 0.15) is 6.42 Å². The Morgan fingerprint density at radius 3 is 3.06 bits per heavy atom. The van der Waals surface area contributed by atoms with Gasteiger partial charge in [0.1, 0.15) is 23.2 Å². The van der Waals surface area contributed by atoms with Gasteiger partial charge < -0.3 is 10.4 Å². The number of rotatable bonds is 5. The average Bonchev–Trinajstić information content (AvgIpc) is 2.28. The molecule has 0 spiro atoms. The number of terminal acetylenes is 1. The van der Waals surface area contributed by atoms with Gasteiger partial charge in [-0.25, -0.2) is 14.8 Å². The summed E-state index contributed by atoms with van der Waals surface area (Å²) in [4.78, 5) is 18.7. The van der Waals surface area contributed by atoms with Gasteiger partial charge in [0.15, 0.2) is 0 Å². The van der Waals surface area contributed by atoms with Gasteiger partial charge in [0.2, 0.25) is 0 Å². The highest BCUT2D eigenvalue weighted by molar-refractivity contribution is 7.98. The highest BCUT2D eigenvalue weighted by Crippen LogP contribution is 2.14. The molecule has 1 rings (SSSR count). The first-order valence-electron chi connectivity index (χ1n) is 4.46. The minimum Gasteiger partial charge on any atom is -0.480 e. The molecule has 0 saturated heterocycles. The highest BCUT2D eigenvalue weighted by Gasteiger charge is 2.16. The Morgan fingerprint density at radius 2 is 2.50 bits per heavy atom. The molecule has 0 aliphatic rings. The first-order chi connectivity index (χ1) is 7.67. The summed E-state index contributed by atoms with van der Waals surface area (Å²) in [5.41, 5.74) is 0. The van der Waals surface area contributed by atoms with Crippen LogP contribution in [0.4, 0.5) is 5.82 Å². The number of carbonyl (C=O) groups is 1. The van der Waals surface area contributed by atoms with Crippen molar-refractivity contribution in [2.45, 2.75) is 17.5 Å². The molecule has 0 radical (unpaired) electrons. The van der Waals surface area contributed by atoms with Gasteiger partial charge in [-0.2, -0.15) is 0 Å². The Bertz CT molecular complexity index is 417. The molecular weight excluding hydrogens is 226 g/mol. The zero-order chi connectivity index (χ0) is 12.0. The SMILES string of the molecule is C#CCC(Nc1cc(SC)ncn1)C(=O)O. The summed E-state index contributed by atoms with van der Waals surface area (Å²) in [7, 11) is 0. The zero-order valence-corrected chi connectivity index (χ0v) is 9.49. The number of aromatic nitrogens is 2. The van der Waals surface area contributed by atoms with Crippen LogP contribution in [-0.2, 0) is 4.79 Å². The fourth-order valence-corrected chi connectivity index (χ4v) is 1.41. The molecule has 1 atom stereocenters. The summed E-state index contributed by atoms with van der Waals surface area (Å²) >= 11 is 1.45. The van der Waals surface area contributed by atoms with E-state index in [1.54, 1.807) is 6.07 Å². The van der Waals surface area contributed by atoms with Crippen molar-refractivity contribution < 1.29 is 9.90 Å². The first kappa shape index (κ1) is 12.3. The van der Waals surface area contributed by atoms with Crippen LogP contribution >= 0.6 is 11.8 Å². The molecule has 1 aromatic heterocycles. The molecule has 6 heteroatoms. The molecule has 0 aliphatic carbocycles. The van der Waals surface area contributed by atoms with E-state index in [2.05, 4.69) is 21.2 Å². The number of nitrogens with zero attached hydrogens (tertiary/aromatic N) is 2. The second kappa shape index (κ2) is 5.98. The molecular formula is C10H11N3O2S. The standard InChI is InChI=1S/C10H11N3O2S/c1-3-4-7(10(14)15)13-8-5-9(16-2)12-6-11-8/h1,5-7H,4H2,2H3,(H,14,15)(H,11,12,13). The van der Waals surface area contributed by atoms with Crippen molar-refractivity contribution in [2.75, 3.05) is 11.6 Å². The van der Waals surface area contributed by atoms with Crippen LogP contribution in [0.5, 0.6) is 0 Å². The lowest BCUT2D eigenvalue weighted by molar-refractivity contribution is -0.137. The molecule has 1 unspecified atom stereocenters. The van der Waals surface area contributed by atoms with Crippen molar-refractivity contribution in [2.24, 2.45) is 0 Å². The van der Waals surface area contributed by atoms with Crippen LogP contribution in [0.15, 0.2) is 17.4 Å². The second-order valence-corrected chi connectivity index (χ2v) is 3.72. The van der Waals surface area contributed by atoms with Crippen LogP contribution in [0, 0.1) is 12.3 Å². The van der Waals surface area contributed by atoms with Crippen molar-refractivity contribution in [1.82, 2.24) is 9.97 Å². The van der Waals surface area contributed by atoms with Gasteiger partial charge in [-0.15, -0.1) is 24.1 Å². The van der Waals surface area contributed by atoms with Gasteiger partial charge >= 0.3 is 5.97 Å². The summed E-state index contributed by atoms with van der Waals surface area (Å²) in [6.07, 6.45) is 8.45. The number of carboxylic acid groups (broad SMARTS) is 1. The smallest absolute Gasteiger partial charge is 0.327 e. The Kier molecular flexibility index (Phi) is 4.61. The molecule has 84 valence electrons. The van der Waals surface area contributed by atoms with Crippen LogP contribution in [-0.4, -0.2) is 33.3 Å². The summed E-state index contributed by atoms with van der Waals surface area (Å²) in [6.45, 7) is 0. The molecule has 0 fully saturated rings. The molecule has 0 aliphatic heterocycles. The van der Waals surface area contributed by atoms with E-state index in [4.69, 9.17) is 11.5 Å². The van der Waals surface area contributed by atoms with Gasteiger partial charge in [-0.05, 0) is 6.26 Å². The summed E-state index contributed by atoms with van der Waals surface area (Å²) in [5.74, 6) is 1.77. The van der Waals surface area contributed by atoms with Gasteiger partial charge in [-0.1, -0.05) is 0 Å². The van der Waals surface area contributed by atoms with E-state index in [1.807, 2.05) is 6.26 Å². The molecule has 0 aromatic carbocycles. The molecule has 1 heterocycles. The maximum Gasteiger partial charge on any atom is 0.327 e. The van der Waals surface area contributed by atoms with Crippen molar-refractivity contribution in [3.05, 3.63) is 12.4 Å². The minimum absolute atomic E-state index is 0.105. The van der Waals surface area contributed by atoms with E-state index < -0.39 is 12.0 Å². The number of hydrogen-bond acceptors (Lipinski definition) is 5. The third-order valence-electron chi connectivity index (χ3n) is 1.79. The van der Waals surface area contributed by atoms with E-state index in [1.165, 1.54) is 18.1 Å². The van der Waals surface area contributed by atoms with E-state index >= 15 is 0 Å². The molecule has 1 aromatic rings. The number of nitrogens with one attached hydrogen (secondary N) is 1. The van der Waals surface area contributed by atoms with Crippen molar-refractivity contribution in [1.29, 1.82) is 0 Å². The Morgan fingerprint density at radius 1 is 1.75 bits per heavy atom. The number of hydrogen-bond donors (Lipinski definition) is 2. The lowest BCUT2D eigenvalue weighted by Gasteiger charge is -2.12. The monoisotopic (exact) mass is 237 g/mol. The maximum atomic E-state index is 10.8. The fourth-order valence-electron chi connectivity index (χ4n) is 1.03. The van der Waals surface area contributed by atoms with Gasteiger partial charge in [0.25, 0.3) is 0 Å². The summed E-state index contributed by atoms with van der Waals surface area (Å²) < 4.78 is 0. The van der Waals surface area contributed by atoms with Gasteiger partial charge in [-0.3, -0.25) is 0 Å². The predicted octanol–water partition coefficient (Wildman–Crippen LogP) is 1.09. The molecule has 0 bridgehead atoms. The third kappa shape index (κ3) is 3.44. The van der Waals surface area contributed by atoms with Crippen LogP contribution < -0.4 is 5.32 Å². The van der Waals surface area contributed by atoms with Crippen molar-refractivity contribution >= 4 is 23.5 Å². The molecule has 16 heavy (non-hydrogen) atoms. The Labute approximate surface area is 97.7 Å². The minimum atomic E-state index is -0.998. The summed E-state index contributed by atoms with van der Waals surface area (Å²) in [6, 6.07) is 0.853. The highest BCUT2D eigenvalue weighted by atomic mass is 32.2. The molecule has 5 nitrogen and oxygen atoms in total. The van der Waals surface area contributed by atoms with Crippen LogP contribution in [0.25, 0.3) is 0 Å². The number of thioether (sulfide) groups is 1. The lowest BCUT2D eigenvalue weighted by Crippen LogP contribution is -2.29. The number of aliphatic carboxylic acids is 1. The molecule has 0 saturated carbocycles. The van der Waals surface area contributed by atoms with Gasteiger partial charge in [0, 0.05) is 12.5 Å². The normalized spacial score (nSPS) is 11.5. The third-order valence-corrected chi connectivity index (χ3v) is 2.43. The van der Waals surface area contributed by atoms with Crippen molar-refractivity contribution in [3.63, 3.8) is 0 Å². The quantitative estimate of drug-likeness (QED) is 0.453.